The highest BCUT2D eigenvalue weighted by Crippen LogP contribution is 2.15. The van der Waals surface area contributed by atoms with Crippen molar-refractivity contribution in [3.63, 3.8) is 0 Å². The van der Waals surface area contributed by atoms with Crippen LogP contribution in [-0.2, 0) is 11.3 Å². The third-order valence-corrected chi connectivity index (χ3v) is 3.40. The molecule has 0 bridgehead atoms. The fourth-order valence-electron chi connectivity index (χ4n) is 1.65. The molecule has 0 heterocycles. The zero-order valence-electron chi connectivity index (χ0n) is 11.1. The van der Waals surface area contributed by atoms with Crippen LogP contribution in [0.25, 0.3) is 0 Å². The molecule has 0 atom stereocenters. The fourth-order valence-corrected chi connectivity index (χ4v) is 2.01. The van der Waals surface area contributed by atoms with Crippen molar-refractivity contribution in [2.24, 2.45) is 0 Å². The van der Waals surface area contributed by atoms with Gasteiger partial charge in [-0.1, -0.05) is 12.1 Å². The van der Waals surface area contributed by atoms with E-state index in [1.807, 2.05) is 24.3 Å². The Balaban J connectivity index is 1.93. The number of esters is 1. The highest BCUT2D eigenvalue weighted by Gasteiger charge is 2.05. The minimum Gasteiger partial charge on any atom is -0.489 e. The van der Waals surface area contributed by atoms with E-state index in [0.717, 1.165) is 11.3 Å². The number of carbonyl (C=O) groups excluding carboxylic acids is 1. The zero-order valence-corrected chi connectivity index (χ0v) is 13.3. The standard InChI is InChI=1S/C16H15IO3/c1-2-19-16(18)13-5-9-15(10-6-13)20-11-12-3-7-14(17)8-4-12/h3-10H,2,11H2,1H3. The van der Waals surface area contributed by atoms with Crippen molar-refractivity contribution in [2.45, 2.75) is 13.5 Å². The molecule has 4 heteroatoms. The van der Waals surface area contributed by atoms with Crippen molar-refractivity contribution in [1.29, 1.82) is 0 Å². The number of benzene rings is 2. The lowest BCUT2D eigenvalue weighted by molar-refractivity contribution is 0.0526. The predicted octanol–water partition coefficient (Wildman–Crippen LogP) is 4.05. The third kappa shape index (κ3) is 4.23. The van der Waals surface area contributed by atoms with Crippen LogP contribution in [0.1, 0.15) is 22.8 Å². The van der Waals surface area contributed by atoms with E-state index in [4.69, 9.17) is 9.47 Å². The zero-order chi connectivity index (χ0) is 14.4. The molecule has 2 rings (SSSR count). The molecule has 0 saturated heterocycles. The molecule has 0 aliphatic heterocycles. The monoisotopic (exact) mass is 382 g/mol. The van der Waals surface area contributed by atoms with E-state index >= 15 is 0 Å². The highest BCUT2D eigenvalue weighted by molar-refractivity contribution is 14.1. The molecule has 2 aromatic rings. The van der Waals surface area contributed by atoms with Gasteiger partial charge >= 0.3 is 5.97 Å². The number of hydrogen-bond donors (Lipinski definition) is 0. The average Bonchev–Trinajstić information content (AvgIpc) is 2.47. The molecule has 0 aliphatic rings. The van der Waals surface area contributed by atoms with Crippen molar-refractivity contribution < 1.29 is 14.3 Å². The maximum atomic E-state index is 11.5. The van der Waals surface area contributed by atoms with E-state index in [1.54, 1.807) is 31.2 Å². The molecule has 0 aliphatic carbocycles. The van der Waals surface area contributed by atoms with Crippen LogP contribution in [-0.4, -0.2) is 12.6 Å². The summed E-state index contributed by atoms with van der Waals surface area (Å²) in [6.45, 7) is 2.68. The Bertz CT molecular complexity index is 561. The summed E-state index contributed by atoms with van der Waals surface area (Å²) >= 11 is 2.27. The molecule has 20 heavy (non-hydrogen) atoms. The van der Waals surface area contributed by atoms with Gasteiger partial charge in [-0.15, -0.1) is 0 Å². The Morgan fingerprint density at radius 1 is 1.05 bits per heavy atom. The normalized spacial score (nSPS) is 10.1. The number of carbonyl (C=O) groups is 1. The van der Waals surface area contributed by atoms with Crippen molar-refractivity contribution in [1.82, 2.24) is 0 Å². The van der Waals surface area contributed by atoms with Gasteiger partial charge in [-0.25, -0.2) is 4.79 Å². The first-order valence-corrected chi connectivity index (χ1v) is 7.41. The predicted molar refractivity (Wildman–Crippen MR) is 85.9 cm³/mol. The lowest BCUT2D eigenvalue weighted by Crippen LogP contribution is -2.04. The van der Waals surface area contributed by atoms with Crippen LogP contribution in [0.4, 0.5) is 0 Å². The van der Waals surface area contributed by atoms with Crippen molar-refractivity contribution in [3.05, 3.63) is 63.2 Å². The molecule has 0 saturated carbocycles. The minimum atomic E-state index is -0.309. The summed E-state index contributed by atoms with van der Waals surface area (Å²) in [5, 5.41) is 0. The van der Waals surface area contributed by atoms with Crippen LogP contribution in [0, 0.1) is 3.57 Å². The molecule has 104 valence electrons. The summed E-state index contributed by atoms with van der Waals surface area (Å²) in [7, 11) is 0. The van der Waals surface area contributed by atoms with Crippen LogP contribution in [0.3, 0.4) is 0 Å². The van der Waals surface area contributed by atoms with Gasteiger partial charge in [0.05, 0.1) is 12.2 Å². The van der Waals surface area contributed by atoms with Crippen molar-refractivity contribution in [2.75, 3.05) is 6.61 Å². The number of hydrogen-bond acceptors (Lipinski definition) is 3. The lowest BCUT2D eigenvalue weighted by Gasteiger charge is -2.07. The Morgan fingerprint density at radius 3 is 2.30 bits per heavy atom. The van der Waals surface area contributed by atoms with Gasteiger partial charge < -0.3 is 9.47 Å². The van der Waals surface area contributed by atoms with Gasteiger partial charge in [0.2, 0.25) is 0 Å². The molecule has 2 aromatic carbocycles. The molecule has 0 unspecified atom stereocenters. The average molecular weight is 382 g/mol. The molecule has 0 N–H and O–H groups in total. The molecule has 3 nitrogen and oxygen atoms in total. The maximum Gasteiger partial charge on any atom is 0.338 e. The summed E-state index contributed by atoms with van der Waals surface area (Å²) in [6.07, 6.45) is 0. The van der Waals surface area contributed by atoms with Gasteiger partial charge in [0.25, 0.3) is 0 Å². The summed E-state index contributed by atoms with van der Waals surface area (Å²) in [4.78, 5) is 11.5. The molecule has 0 spiro atoms. The molecular formula is C16H15IO3. The second-order valence-electron chi connectivity index (χ2n) is 4.16. The van der Waals surface area contributed by atoms with Gasteiger partial charge in [0, 0.05) is 3.57 Å². The highest BCUT2D eigenvalue weighted by atomic mass is 127. The third-order valence-electron chi connectivity index (χ3n) is 2.68. The Morgan fingerprint density at radius 2 is 1.70 bits per heavy atom. The molecule has 0 radical (unpaired) electrons. The van der Waals surface area contributed by atoms with Crippen LogP contribution in [0.15, 0.2) is 48.5 Å². The Labute approximate surface area is 132 Å². The first-order valence-electron chi connectivity index (χ1n) is 6.33. The second kappa shape index (κ2) is 7.28. The van der Waals surface area contributed by atoms with Crippen LogP contribution < -0.4 is 4.74 Å². The van der Waals surface area contributed by atoms with E-state index in [-0.39, 0.29) is 5.97 Å². The van der Waals surface area contributed by atoms with Gasteiger partial charge in [-0.3, -0.25) is 0 Å². The van der Waals surface area contributed by atoms with Gasteiger partial charge in [-0.2, -0.15) is 0 Å². The minimum absolute atomic E-state index is 0.309. The van der Waals surface area contributed by atoms with Crippen LogP contribution >= 0.6 is 22.6 Å². The number of ether oxygens (including phenoxy) is 2. The second-order valence-corrected chi connectivity index (χ2v) is 5.41. The van der Waals surface area contributed by atoms with E-state index in [2.05, 4.69) is 22.6 Å². The molecule has 0 amide bonds. The first-order chi connectivity index (χ1) is 9.69. The summed E-state index contributed by atoms with van der Waals surface area (Å²) in [6, 6.07) is 15.1. The van der Waals surface area contributed by atoms with E-state index in [9.17, 15) is 4.79 Å². The molecule has 0 fully saturated rings. The number of halogens is 1. The SMILES string of the molecule is CCOC(=O)c1ccc(OCc2ccc(I)cc2)cc1. The smallest absolute Gasteiger partial charge is 0.338 e. The maximum absolute atomic E-state index is 11.5. The van der Waals surface area contributed by atoms with Gasteiger partial charge in [-0.05, 0) is 71.5 Å². The van der Waals surface area contributed by atoms with E-state index in [0.29, 0.717) is 18.8 Å². The van der Waals surface area contributed by atoms with E-state index in [1.165, 1.54) is 3.57 Å². The van der Waals surface area contributed by atoms with Crippen LogP contribution in [0.5, 0.6) is 5.75 Å². The van der Waals surface area contributed by atoms with E-state index < -0.39 is 0 Å². The topological polar surface area (TPSA) is 35.5 Å². The Hall–Kier alpha value is -1.56. The fraction of sp³-hybridized carbons (Fsp3) is 0.188. The van der Waals surface area contributed by atoms with Gasteiger partial charge in [0.1, 0.15) is 12.4 Å². The van der Waals surface area contributed by atoms with Crippen molar-refractivity contribution in [3.8, 4) is 5.75 Å². The quantitative estimate of drug-likeness (QED) is 0.578. The summed E-state index contributed by atoms with van der Waals surface area (Å²) in [5.74, 6) is 0.424. The number of rotatable bonds is 5. The molecule has 0 aromatic heterocycles. The van der Waals surface area contributed by atoms with Crippen molar-refractivity contribution >= 4 is 28.6 Å². The van der Waals surface area contributed by atoms with Crippen LogP contribution in [0.2, 0.25) is 0 Å². The Kier molecular flexibility index (Phi) is 5.40. The largest absolute Gasteiger partial charge is 0.489 e. The lowest BCUT2D eigenvalue weighted by atomic mass is 10.2. The molecular weight excluding hydrogens is 367 g/mol. The summed E-state index contributed by atoms with van der Waals surface area (Å²) < 4.78 is 11.8. The van der Waals surface area contributed by atoms with Gasteiger partial charge in [0.15, 0.2) is 0 Å². The first kappa shape index (κ1) is 14.8. The summed E-state index contributed by atoms with van der Waals surface area (Å²) in [5.41, 5.74) is 1.65.